The number of hydrogen-bond acceptors (Lipinski definition) is 3. The number of aromatic nitrogens is 4. The van der Waals surface area contributed by atoms with Crippen molar-refractivity contribution < 1.29 is 0 Å². The molecule has 110 valence electrons. The normalized spacial score (nSPS) is 11.4. The molecule has 2 heterocycles. The maximum absolute atomic E-state index is 4.32. The van der Waals surface area contributed by atoms with Gasteiger partial charge in [-0.05, 0) is 48.7 Å². The van der Waals surface area contributed by atoms with Gasteiger partial charge in [-0.25, -0.2) is 4.68 Å². The number of benzene rings is 1. The monoisotopic (exact) mass is 290 g/mol. The summed E-state index contributed by atoms with van der Waals surface area (Å²) >= 11 is 0. The fourth-order valence-corrected chi connectivity index (χ4v) is 2.43. The zero-order valence-electron chi connectivity index (χ0n) is 12.8. The fourth-order valence-electron chi connectivity index (χ4n) is 2.43. The van der Waals surface area contributed by atoms with E-state index in [4.69, 9.17) is 0 Å². The average molecular weight is 290 g/mol. The number of nitrogens with zero attached hydrogens (tertiary/aromatic N) is 4. The van der Waals surface area contributed by atoms with Crippen molar-refractivity contribution in [3.05, 3.63) is 72.1 Å². The SMILES string of the molecule is C=C(C=CC)c1ccc2c(c1)nnn2Cc1cccnc1C. The van der Waals surface area contributed by atoms with Crippen LogP contribution in [0.5, 0.6) is 0 Å². The summed E-state index contributed by atoms with van der Waals surface area (Å²) in [6.45, 7) is 8.72. The van der Waals surface area contributed by atoms with E-state index in [0.717, 1.165) is 33.4 Å². The van der Waals surface area contributed by atoms with Gasteiger partial charge in [-0.3, -0.25) is 4.98 Å². The Kier molecular flexibility index (Phi) is 3.83. The molecule has 0 atom stereocenters. The van der Waals surface area contributed by atoms with Crippen molar-refractivity contribution in [1.82, 2.24) is 20.0 Å². The number of aryl methyl sites for hydroxylation is 1. The van der Waals surface area contributed by atoms with Gasteiger partial charge in [-0.1, -0.05) is 36.1 Å². The van der Waals surface area contributed by atoms with E-state index in [1.54, 1.807) is 6.20 Å². The Morgan fingerprint density at radius 1 is 1.32 bits per heavy atom. The second kappa shape index (κ2) is 5.93. The molecule has 0 fully saturated rings. The van der Waals surface area contributed by atoms with E-state index >= 15 is 0 Å². The van der Waals surface area contributed by atoms with E-state index in [1.165, 1.54) is 0 Å². The summed E-state index contributed by atoms with van der Waals surface area (Å²) in [5.74, 6) is 0. The zero-order valence-corrected chi connectivity index (χ0v) is 12.8. The molecule has 3 aromatic rings. The van der Waals surface area contributed by atoms with Gasteiger partial charge in [0.05, 0.1) is 12.1 Å². The largest absolute Gasteiger partial charge is 0.261 e. The standard InChI is InChI=1S/C18H18N4/c1-4-6-13(2)15-8-9-18-17(11-15)20-21-22(18)12-16-7-5-10-19-14(16)3/h4-11H,2,12H2,1,3H3. The molecule has 0 unspecified atom stereocenters. The minimum absolute atomic E-state index is 0.672. The van der Waals surface area contributed by atoms with Crippen LogP contribution in [-0.2, 0) is 6.54 Å². The summed E-state index contributed by atoms with van der Waals surface area (Å²) in [6, 6.07) is 10.1. The molecule has 3 rings (SSSR count). The lowest BCUT2D eigenvalue weighted by Crippen LogP contribution is -2.04. The molecule has 0 spiro atoms. The van der Waals surface area contributed by atoms with Gasteiger partial charge in [-0.15, -0.1) is 5.10 Å². The van der Waals surface area contributed by atoms with Crippen molar-refractivity contribution in [3.63, 3.8) is 0 Å². The lowest BCUT2D eigenvalue weighted by atomic mass is 10.1. The highest BCUT2D eigenvalue weighted by Crippen LogP contribution is 2.20. The molecule has 22 heavy (non-hydrogen) atoms. The Morgan fingerprint density at radius 2 is 2.18 bits per heavy atom. The van der Waals surface area contributed by atoms with Crippen LogP contribution in [0.15, 0.2) is 55.3 Å². The zero-order chi connectivity index (χ0) is 15.5. The first-order chi connectivity index (χ1) is 10.7. The van der Waals surface area contributed by atoms with E-state index < -0.39 is 0 Å². The molecule has 2 aromatic heterocycles. The Morgan fingerprint density at radius 3 is 2.95 bits per heavy atom. The highest BCUT2D eigenvalue weighted by molar-refractivity contribution is 5.82. The Balaban J connectivity index is 1.96. The summed E-state index contributed by atoms with van der Waals surface area (Å²) in [7, 11) is 0. The third kappa shape index (κ3) is 2.68. The lowest BCUT2D eigenvalue weighted by Gasteiger charge is -2.06. The molecule has 4 heteroatoms. The topological polar surface area (TPSA) is 43.6 Å². The Hall–Kier alpha value is -2.75. The molecule has 0 radical (unpaired) electrons. The van der Waals surface area contributed by atoms with E-state index in [2.05, 4.69) is 34.0 Å². The van der Waals surface area contributed by atoms with Crippen LogP contribution < -0.4 is 0 Å². The van der Waals surface area contributed by atoms with Crippen LogP contribution in [0.2, 0.25) is 0 Å². The summed E-state index contributed by atoms with van der Waals surface area (Å²) in [5.41, 5.74) is 6.10. The molecular weight excluding hydrogens is 272 g/mol. The predicted molar refractivity (Wildman–Crippen MR) is 89.5 cm³/mol. The number of hydrogen-bond donors (Lipinski definition) is 0. The van der Waals surface area contributed by atoms with Crippen molar-refractivity contribution in [2.24, 2.45) is 0 Å². The Bertz CT molecular complexity index is 858. The van der Waals surface area contributed by atoms with E-state index in [1.807, 2.05) is 48.9 Å². The number of fused-ring (bicyclic) bond motifs is 1. The van der Waals surface area contributed by atoms with E-state index in [0.29, 0.717) is 6.54 Å². The van der Waals surface area contributed by atoms with Crippen LogP contribution in [-0.4, -0.2) is 20.0 Å². The maximum atomic E-state index is 4.32. The summed E-state index contributed by atoms with van der Waals surface area (Å²) in [4.78, 5) is 4.32. The molecule has 0 N–H and O–H groups in total. The Labute approximate surface area is 129 Å². The molecule has 0 saturated heterocycles. The van der Waals surface area contributed by atoms with Gasteiger partial charge in [0.2, 0.25) is 0 Å². The third-order valence-electron chi connectivity index (χ3n) is 3.69. The van der Waals surface area contributed by atoms with Crippen molar-refractivity contribution in [3.8, 4) is 0 Å². The van der Waals surface area contributed by atoms with Gasteiger partial charge in [-0.2, -0.15) is 0 Å². The minimum Gasteiger partial charge on any atom is -0.261 e. The van der Waals surface area contributed by atoms with Gasteiger partial charge in [0.25, 0.3) is 0 Å². The molecule has 0 aliphatic carbocycles. The van der Waals surface area contributed by atoms with Crippen molar-refractivity contribution in [1.29, 1.82) is 0 Å². The molecule has 0 aliphatic heterocycles. The van der Waals surface area contributed by atoms with Gasteiger partial charge in [0.1, 0.15) is 5.52 Å². The smallest absolute Gasteiger partial charge is 0.113 e. The molecule has 0 amide bonds. The van der Waals surface area contributed by atoms with Crippen molar-refractivity contribution in [2.75, 3.05) is 0 Å². The fraction of sp³-hybridized carbons (Fsp3) is 0.167. The molecule has 4 nitrogen and oxygen atoms in total. The summed E-state index contributed by atoms with van der Waals surface area (Å²) in [6.07, 6.45) is 5.77. The van der Waals surface area contributed by atoms with Crippen LogP contribution in [0.25, 0.3) is 16.6 Å². The predicted octanol–water partition coefficient (Wildman–Crippen LogP) is 3.77. The van der Waals surface area contributed by atoms with Crippen LogP contribution in [0.1, 0.15) is 23.7 Å². The van der Waals surface area contributed by atoms with Gasteiger partial charge < -0.3 is 0 Å². The molecule has 1 aromatic carbocycles. The third-order valence-corrected chi connectivity index (χ3v) is 3.69. The first-order valence-electron chi connectivity index (χ1n) is 7.25. The van der Waals surface area contributed by atoms with Crippen LogP contribution in [0.3, 0.4) is 0 Å². The lowest BCUT2D eigenvalue weighted by molar-refractivity contribution is 0.665. The number of rotatable bonds is 4. The second-order valence-electron chi connectivity index (χ2n) is 5.22. The molecular formula is C18H18N4. The van der Waals surface area contributed by atoms with E-state index in [9.17, 15) is 0 Å². The molecule has 0 saturated carbocycles. The van der Waals surface area contributed by atoms with Crippen LogP contribution in [0, 0.1) is 6.92 Å². The van der Waals surface area contributed by atoms with Crippen LogP contribution >= 0.6 is 0 Å². The van der Waals surface area contributed by atoms with E-state index in [-0.39, 0.29) is 0 Å². The first kappa shape index (κ1) is 14.2. The summed E-state index contributed by atoms with van der Waals surface area (Å²) < 4.78 is 1.90. The summed E-state index contributed by atoms with van der Waals surface area (Å²) in [5, 5.41) is 8.54. The van der Waals surface area contributed by atoms with Crippen LogP contribution in [0.4, 0.5) is 0 Å². The molecule has 0 bridgehead atoms. The maximum Gasteiger partial charge on any atom is 0.113 e. The minimum atomic E-state index is 0.672. The molecule has 0 aliphatic rings. The first-order valence-corrected chi connectivity index (χ1v) is 7.25. The number of pyridine rings is 1. The van der Waals surface area contributed by atoms with Gasteiger partial charge in [0.15, 0.2) is 0 Å². The van der Waals surface area contributed by atoms with Gasteiger partial charge in [0, 0.05) is 11.9 Å². The number of allylic oxidation sites excluding steroid dienone is 3. The second-order valence-corrected chi connectivity index (χ2v) is 5.22. The highest BCUT2D eigenvalue weighted by atomic mass is 15.4. The van der Waals surface area contributed by atoms with Gasteiger partial charge >= 0.3 is 0 Å². The quantitative estimate of drug-likeness (QED) is 0.687. The average Bonchev–Trinajstić information content (AvgIpc) is 2.92. The van der Waals surface area contributed by atoms with Crippen molar-refractivity contribution in [2.45, 2.75) is 20.4 Å². The van der Waals surface area contributed by atoms with Crippen molar-refractivity contribution >= 4 is 16.6 Å². The highest BCUT2D eigenvalue weighted by Gasteiger charge is 2.08.